The molecule has 0 saturated heterocycles. The quantitative estimate of drug-likeness (QED) is 0.930. The van der Waals surface area contributed by atoms with Gasteiger partial charge in [0.1, 0.15) is 6.33 Å². The fourth-order valence-corrected chi connectivity index (χ4v) is 5.95. The third kappa shape index (κ3) is 2.83. The summed E-state index contributed by atoms with van der Waals surface area (Å²) in [5, 5.41) is 3.00. The van der Waals surface area contributed by atoms with Crippen LogP contribution in [0.15, 0.2) is 31.1 Å². The van der Waals surface area contributed by atoms with Crippen molar-refractivity contribution < 1.29 is 4.79 Å². The summed E-state index contributed by atoms with van der Waals surface area (Å²) in [6, 6.07) is 0. The van der Waals surface area contributed by atoms with Crippen LogP contribution in [0.5, 0.6) is 0 Å². The van der Waals surface area contributed by atoms with Crippen molar-refractivity contribution in [3.63, 3.8) is 0 Å². The van der Waals surface area contributed by atoms with Crippen LogP contribution in [0.3, 0.4) is 0 Å². The van der Waals surface area contributed by atoms with Gasteiger partial charge in [-0.2, -0.15) is 0 Å². The van der Waals surface area contributed by atoms with Gasteiger partial charge < -0.3 is 5.32 Å². The van der Waals surface area contributed by atoms with Gasteiger partial charge in [-0.3, -0.25) is 9.36 Å². The SMILES string of the molecule is O=C(CC12CC3CC(CC(C3)C1)C2)Nc1cnc(-n2ccnc2)nc1. The Bertz CT molecular complexity index is 732. The average molecular weight is 337 g/mol. The maximum Gasteiger partial charge on any atom is 0.234 e. The molecule has 4 fully saturated rings. The first-order valence-corrected chi connectivity index (χ1v) is 9.28. The van der Waals surface area contributed by atoms with Gasteiger partial charge in [0.25, 0.3) is 0 Å². The van der Waals surface area contributed by atoms with Crippen molar-refractivity contribution >= 4 is 11.6 Å². The molecule has 0 unspecified atom stereocenters. The molecule has 0 radical (unpaired) electrons. The van der Waals surface area contributed by atoms with Gasteiger partial charge in [0.2, 0.25) is 11.9 Å². The van der Waals surface area contributed by atoms with Gasteiger partial charge >= 0.3 is 0 Å². The van der Waals surface area contributed by atoms with Gasteiger partial charge in [-0.25, -0.2) is 15.0 Å². The Morgan fingerprint density at radius 1 is 1.12 bits per heavy atom. The molecule has 0 aromatic carbocycles. The molecule has 130 valence electrons. The second-order valence-corrected chi connectivity index (χ2v) is 8.38. The number of hydrogen-bond acceptors (Lipinski definition) is 4. The maximum atomic E-state index is 12.6. The summed E-state index contributed by atoms with van der Waals surface area (Å²) in [6.07, 6.45) is 17.1. The van der Waals surface area contributed by atoms with Crippen LogP contribution < -0.4 is 5.32 Å². The predicted molar refractivity (Wildman–Crippen MR) is 93.0 cm³/mol. The van der Waals surface area contributed by atoms with Crippen LogP contribution in [0.1, 0.15) is 44.9 Å². The van der Waals surface area contributed by atoms with Crippen molar-refractivity contribution in [2.24, 2.45) is 23.2 Å². The topological polar surface area (TPSA) is 72.7 Å². The van der Waals surface area contributed by atoms with Crippen LogP contribution >= 0.6 is 0 Å². The molecule has 6 rings (SSSR count). The highest BCUT2D eigenvalue weighted by Crippen LogP contribution is 2.61. The Labute approximate surface area is 147 Å². The summed E-state index contributed by atoms with van der Waals surface area (Å²) in [7, 11) is 0. The number of aromatic nitrogens is 4. The van der Waals surface area contributed by atoms with Crippen LogP contribution in [0, 0.1) is 23.2 Å². The highest BCUT2D eigenvalue weighted by molar-refractivity contribution is 5.90. The summed E-state index contributed by atoms with van der Waals surface area (Å²) in [4.78, 5) is 25.2. The molecule has 2 aromatic rings. The molecule has 0 spiro atoms. The van der Waals surface area contributed by atoms with E-state index in [9.17, 15) is 4.79 Å². The Hall–Kier alpha value is -2.24. The third-order valence-corrected chi connectivity index (χ3v) is 6.36. The van der Waals surface area contributed by atoms with Crippen molar-refractivity contribution in [1.29, 1.82) is 0 Å². The lowest BCUT2D eigenvalue weighted by atomic mass is 9.49. The van der Waals surface area contributed by atoms with Crippen molar-refractivity contribution in [3.8, 4) is 5.95 Å². The number of carbonyl (C=O) groups is 1. The van der Waals surface area contributed by atoms with E-state index in [1.165, 1.54) is 38.5 Å². The van der Waals surface area contributed by atoms with Crippen molar-refractivity contribution in [2.75, 3.05) is 5.32 Å². The normalized spacial score (nSPS) is 32.7. The minimum absolute atomic E-state index is 0.112. The molecule has 6 nitrogen and oxygen atoms in total. The maximum absolute atomic E-state index is 12.6. The smallest absolute Gasteiger partial charge is 0.234 e. The fourth-order valence-electron chi connectivity index (χ4n) is 5.95. The first-order chi connectivity index (χ1) is 12.2. The van der Waals surface area contributed by atoms with E-state index in [0.717, 1.165) is 17.8 Å². The Morgan fingerprint density at radius 3 is 2.32 bits per heavy atom. The molecule has 4 aliphatic rings. The van der Waals surface area contributed by atoms with E-state index in [1.807, 2.05) is 0 Å². The summed E-state index contributed by atoms with van der Waals surface area (Å²) in [5.74, 6) is 3.28. The molecule has 6 heteroatoms. The van der Waals surface area contributed by atoms with Gasteiger partial charge in [0, 0.05) is 18.8 Å². The summed E-state index contributed by atoms with van der Waals surface area (Å²) < 4.78 is 1.74. The lowest BCUT2D eigenvalue weighted by Crippen LogP contribution is -2.47. The highest BCUT2D eigenvalue weighted by atomic mass is 16.1. The van der Waals surface area contributed by atoms with Crippen LogP contribution in [0.4, 0.5) is 5.69 Å². The standard InChI is InChI=1S/C19H23N5O/c25-17(9-19-6-13-3-14(7-19)5-15(4-13)8-19)23-16-10-21-18(22-11-16)24-2-1-20-12-24/h1-2,10-15H,3-9H2,(H,23,25). The second-order valence-electron chi connectivity index (χ2n) is 8.38. The zero-order chi connectivity index (χ0) is 16.9. The molecule has 2 heterocycles. The Morgan fingerprint density at radius 2 is 1.76 bits per heavy atom. The van der Waals surface area contributed by atoms with Gasteiger partial charge in [-0.1, -0.05) is 0 Å². The molecule has 4 saturated carbocycles. The molecule has 4 aliphatic carbocycles. The van der Waals surface area contributed by atoms with Crippen LogP contribution in [0.2, 0.25) is 0 Å². The Balaban J connectivity index is 1.25. The van der Waals surface area contributed by atoms with Gasteiger partial charge in [0.15, 0.2) is 0 Å². The monoisotopic (exact) mass is 337 g/mol. The first-order valence-electron chi connectivity index (χ1n) is 9.28. The second kappa shape index (κ2) is 5.64. The van der Waals surface area contributed by atoms with E-state index in [1.54, 1.807) is 35.7 Å². The summed E-state index contributed by atoms with van der Waals surface area (Å²) >= 11 is 0. The van der Waals surface area contributed by atoms with Crippen LogP contribution in [-0.2, 0) is 4.79 Å². The largest absolute Gasteiger partial charge is 0.323 e. The number of amides is 1. The molecular formula is C19H23N5O. The summed E-state index contributed by atoms with van der Waals surface area (Å²) in [5.41, 5.74) is 0.926. The number of carbonyl (C=O) groups excluding carboxylic acids is 1. The van der Waals surface area contributed by atoms with E-state index in [2.05, 4.69) is 20.3 Å². The van der Waals surface area contributed by atoms with Gasteiger partial charge in [-0.15, -0.1) is 0 Å². The van der Waals surface area contributed by atoms with Crippen LogP contribution in [0.25, 0.3) is 5.95 Å². The van der Waals surface area contributed by atoms with Gasteiger partial charge in [0.05, 0.1) is 18.1 Å². The molecule has 2 aromatic heterocycles. The van der Waals surface area contributed by atoms with E-state index < -0.39 is 0 Å². The molecule has 0 atom stereocenters. The highest BCUT2D eigenvalue weighted by Gasteiger charge is 2.51. The number of rotatable bonds is 4. The molecular weight excluding hydrogens is 314 g/mol. The van der Waals surface area contributed by atoms with Crippen molar-refractivity contribution in [1.82, 2.24) is 19.5 Å². The number of imidazole rings is 1. The zero-order valence-electron chi connectivity index (χ0n) is 14.3. The number of nitrogens with zero attached hydrogens (tertiary/aromatic N) is 4. The molecule has 4 bridgehead atoms. The van der Waals surface area contributed by atoms with Crippen LogP contribution in [-0.4, -0.2) is 25.4 Å². The number of hydrogen-bond donors (Lipinski definition) is 1. The zero-order valence-corrected chi connectivity index (χ0v) is 14.3. The van der Waals surface area contributed by atoms with Crippen molar-refractivity contribution in [2.45, 2.75) is 44.9 Å². The minimum atomic E-state index is 0.112. The average Bonchev–Trinajstić information content (AvgIpc) is 3.08. The lowest BCUT2D eigenvalue weighted by molar-refractivity contribution is -0.124. The number of nitrogens with one attached hydrogen (secondary N) is 1. The lowest BCUT2D eigenvalue weighted by Gasteiger charge is -2.56. The third-order valence-electron chi connectivity index (χ3n) is 6.36. The van der Waals surface area contributed by atoms with E-state index in [0.29, 0.717) is 18.1 Å². The van der Waals surface area contributed by atoms with Crippen molar-refractivity contribution in [3.05, 3.63) is 31.1 Å². The Kier molecular flexibility index (Phi) is 3.40. The summed E-state index contributed by atoms with van der Waals surface area (Å²) in [6.45, 7) is 0. The molecule has 1 N–H and O–H groups in total. The van der Waals surface area contributed by atoms with E-state index >= 15 is 0 Å². The molecule has 25 heavy (non-hydrogen) atoms. The molecule has 0 aliphatic heterocycles. The minimum Gasteiger partial charge on any atom is -0.323 e. The molecule has 1 amide bonds. The van der Waals surface area contributed by atoms with Gasteiger partial charge in [-0.05, 0) is 61.7 Å². The fraction of sp³-hybridized carbons (Fsp3) is 0.579. The van der Waals surface area contributed by atoms with E-state index in [4.69, 9.17) is 0 Å². The number of anilines is 1. The van der Waals surface area contributed by atoms with E-state index in [-0.39, 0.29) is 11.3 Å². The first kappa shape index (κ1) is 15.0. The predicted octanol–water partition coefficient (Wildman–Crippen LogP) is 3.21.